The Morgan fingerprint density at radius 1 is 1.26 bits per heavy atom. The SMILES string of the molecule is CN(CC(=O)N1C[C@H](C(N)=O)Oc2ccccc21)Cc1ccc(Cl)cc1Cl. The molecule has 1 aliphatic rings. The van der Waals surface area contributed by atoms with Gasteiger partial charge in [-0.2, -0.15) is 0 Å². The molecule has 2 N–H and O–H groups in total. The molecule has 27 heavy (non-hydrogen) atoms. The third-order valence-electron chi connectivity index (χ3n) is 4.25. The average molecular weight is 408 g/mol. The summed E-state index contributed by atoms with van der Waals surface area (Å²) in [5.41, 5.74) is 6.87. The number of amides is 2. The average Bonchev–Trinajstić information content (AvgIpc) is 2.63. The van der Waals surface area contributed by atoms with Crippen molar-refractivity contribution in [1.82, 2.24) is 4.90 Å². The van der Waals surface area contributed by atoms with Crippen LogP contribution in [0.2, 0.25) is 10.0 Å². The lowest BCUT2D eigenvalue weighted by Gasteiger charge is -2.34. The monoisotopic (exact) mass is 407 g/mol. The number of likely N-dealkylation sites (N-methyl/N-ethyl adjacent to an activating group) is 1. The Hall–Kier alpha value is -2.28. The molecule has 2 aromatic carbocycles. The topological polar surface area (TPSA) is 75.9 Å². The van der Waals surface area contributed by atoms with Gasteiger partial charge in [0.1, 0.15) is 5.75 Å². The molecule has 0 aliphatic carbocycles. The van der Waals surface area contributed by atoms with E-state index in [9.17, 15) is 9.59 Å². The molecule has 6 nitrogen and oxygen atoms in total. The van der Waals surface area contributed by atoms with Gasteiger partial charge in [-0.1, -0.05) is 41.4 Å². The zero-order valence-corrected chi connectivity index (χ0v) is 16.2. The minimum absolute atomic E-state index is 0.0840. The quantitative estimate of drug-likeness (QED) is 0.826. The number of carbonyl (C=O) groups is 2. The number of para-hydroxylation sites is 2. The van der Waals surface area contributed by atoms with E-state index in [2.05, 4.69) is 0 Å². The van der Waals surface area contributed by atoms with Crippen LogP contribution in [0.25, 0.3) is 0 Å². The van der Waals surface area contributed by atoms with Gasteiger partial charge >= 0.3 is 0 Å². The Kier molecular flexibility index (Phi) is 5.89. The molecule has 142 valence electrons. The predicted molar refractivity (Wildman–Crippen MR) is 105 cm³/mol. The number of halogens is 2. The number of fused-ring (bicyclic) bond motifs is 1. The zero-order chi connectivity index (χ0) is 19.6. The van der Waals surface area contributed by atoms with E-state index < -0.39 is 12.0 Å². The molecule has 0 bridgehead atoms. The third-order valence-corrected chi connectivity index (χ3v) is 4.84. The predicted octanol–water partition coefficient (Wildman–Crippen LogP) is 2.70. The molecule has 0 fully saturated rings. The number of benzene rings is 2. The van der Waals surface area contributed by atoms with Crippen molar-refractivity contribution in [1.29, 1.82) is 0 Å². The molecule has 1 atom stereocenters. The van der Waals surface area contributed by atoms with Gasteiger partial charge in [0.2, 0.25) is 5.91 Å². The number of anilines is 1. The molecule has 2 amide bonds. The Balaban J connectivity index is 1.73. The fraction of sp³-hybridized carbons (Fsp3) is 0.263. The van der Waals surface area contributed by atoms with E-state index in [1.165, 1.54) is 4.90 Å². The van der Waals surface area contributed by atoms with Gasteiger partial charge < -0.3 is 15.4 Å². The molecule has 8 heteroatoms. The van der Waals surface area contributed by atoms with Gasteiger partial charge in [-0.15, -0.1) is 0 Å². The number of hydrogen-bond donors (Lipinski definition) is 1. The van der Waals surface area contributed by atoms with Gasteiger partial charge in [-0.25, -0.2) is 0 Å². The molecule has 0 saturated carbocycles. The van der Waals surface area contributed by atoms with E-state index in [-0.39, 0.29) is 19.0 Å². The molecule has 0 radical (unpaired) electrons. The second-order valence-corrected chi connectivity index (χ2v) is 7.23. The molecule has 0 unspecified atom stereocenters. The van der Waals surface area contributed by atoms with Crippen LogP contribution < -0.4 is 15.4 Å². The summed E-state index contributed by atoms with van der Waals surface area (Å²) in [6, 6.07) is 12.3. The zero-order valence-electron chi connectivity index (χ0n) is 14.7. The second-order valence-electron chi connectivity index (χ2n) is 6.39. The summed E-state index contributed by atoms with van der Waals surface area (Å²) in [4.78, 5) is 27.9. The van der Waals surface area contributed by atoms with E-state index in [1.807, 2.05) is 24.1 Å². The lowest BCUT2D eigenvalue weighted by atomic mass is 10.1. The molecule has 0 spiro atoms. The minimum atomic E-state index is -0.875. The summed E-state index contributed by atoms with van der Waals surface area (Å²) < 4.78 is 5.59. The standard InChI is InChI=1S/C19H19Cl2N3O3/c1-23(9-12-6-7-13(20)8-14(12)21)11-18(25)24-10-17(19(22)26)27-16-5-3-2-4-15(16)24/h2-8,17H,9-11H2,1H3,(H2,22,26)/t17-/m1/s1. The largest absolute Gasteiger partial charge is 0.477 e. The minimum Gasteiger partial charge on any atom is -0.477 e. The van der Waals surface area contributed by atoms with Crippen LogP contribution >= 0.6 is 23.2 Å². The van der Waals surface area contributed by atoms with Crippen molar-refractivity contribution < 1.29 is 14.3 Å². The first-order valence-electron chi connectivity index (χ1n) is 8.33. The van der Waals surface area contributed by atoms with E-state index in [0.717, 1.165) is 5.56 Å². The maximum atomic E-state index is 12.9. The molecule has 2 aromatic rings. The number of primary amides is 1. The number of rotatable bonds is 5. The highest BCUT2D eigenvalue weighted by Crippen LogP contribution is 2.33. The van der Waals surface area contributed by atoms with Crippen LogP contribution in [0.1, 0.15) is 5.56 Å². The van der Waals surface area contributed by atoms with Crippen LogP contribution in [0.5, 0.6) is 5.75 Å². The molecule has 0 saturated heterocycles. The summed E-state index contributed by atoms with van der Waals surface area (Å²) in [6.45, 7) is 0.701. The Labute approximate surface area is 167 Å². The van der Waals surface area contributed by atoms with Crippen LogP contribution in [-0.4, -0.2) is 43.0 Å². The Morgan fingerprint density at radius 2 is 2.00 bits per heavy atom. The van der Waals surface area contributed by atoms with Gasteiger partial charge in [0.15, 0.2) is 6.10 Å². The lowest BCUT2D eigenvalue weighted by molar-refractivity contribution is -0.125. The van der Waals surface area contributed by atoms with E-state index in [4.69, 9.17) is 33.7 Å². The molecular formula is C19H19Cl2N3O3. The highest BCUT2D eigenvalue weighted by molar-refractivity contribution is 6.35. The summed E-state index contributed by atoms with van der Waals surface area (Å²) in [6.07, 6.45) is -0.875. The van der Waals surface area contributed by atoms with Crippen LogP contribution in [0.3, 0.4) is 0 Å². The first-order valence-corrected chi connectivity index (χ1v) is 9.08. The highest BCUT2D eigenvalue weighted by Gasteiger charge is 2.32. The Morgan fingerprint density at radius 3 is 2.70 bits per heavy atom. The van der Waals surface area contributed by atoms with Gasteiger partial charge in [-0.05, 0) is 36.9 Å². The normalized spacial score (nSPS) is 16.0. The maximum Gasteiger partial charge on any atom is 0.260 e. The maximum absolute atomic E-state index is 12.9. The summed E-state index contributed by atoms with van der Waals surface area (Å²) in [7, 11) is 1.82. The van der Waals surface area contributed by atoms with Crippen molar-refractivity contribution in [3.8, 4) is 5.75 Å². The van der Waals surface area contributed by atoms with Crippen molar-refractivity contribution in [3.05, 3.63) is 58.1 Å². The van der Waals surface area contributed by atoms with E-state index in [1.54, 1.807) is 30.3 Å². The lowest BCUT2D eigenvalue weighted by Crippen LogP contribution is -2.51. The first-order chi connectivity index (χ1) is 12.8. The number of hydrogen-bond acceptors (Lipinski definition) is 4. The summed E-state index contributed by atoms with van der Waals surface area (Å²) in [5.74, 6) is -0.308. The van der Waals surface area contributed by atoms with Gasteiger partial charge in [0, 0.05) is 16.6 Å². The van der Waals surface area contributed by atoms with Gasteiger partial charge in [0.25, 0.3) is 5.91 Å². The fourth-order valence-corrected chi connectivity index (χ4v) is 3.40. The Bertz CT molecular complexity index is 875. The molecule has 1 heterocycles. The molecule has 0 aromatic heterocycles. The third kappa shape index (κ3) is 4.53. The van der Waals surface area contributed by atoms with Crippen LogP contribution in [-0.2, 0) is 16.1 Å². The van der Waals surface area contributed by atoms with E-state index >= 15 is 0 Å². The molecule has 1 aliphatic heterocycles. The van der Waals surface area contributed by atoms with Crippen LogP contribution in [0.15, 0.2) is 42.5 Å². The van der Waals surface area contributed by atoms with Crippen molar-refractivity contribution in [2.45, 2.75) is 12.6 Å². The van der Waals surface area contributed by atoms with Gasteiger partial charge in [-0.3, -0.25) is 14.5 Å². The summed E-state index contributed by atoms with van der Waals surface area (Å²) >= 11 is 12.1. The summed E-state index contributed by atoms with van der Waals surface area (Å²) in [5, 5.41) is 1.11. The highest BCUT2D eigenvalue weighted by atomic mass is 35.5. The smallest absolute Gasteiger partial charge is 0.260 e. The molecule has 3 rings (SSSR count). The number of nitrogens with zero attached hydrogens (tertiary/aromatic N) is 2. The van der Waals surface area contributed by atoms with Crippen molar-refractivity contribution in [2.75, 3.05) is 25.0 Å². The van der Waals surface area contributed by atoms with Crippen LogP contribution in [0, 0.1) is 0 Å². The van der Waals surface area contributed by atoms with E-state index in [0.29, 0.717) is 28.0 Å². The van der Waals surface area contributed by atoms with Crippen molar-refractivity contribution >= 4 is 40.7 Å². The number of carbonyl (C=O) groups excluding carboxylic acids is 2. The second kappa shape index (κ2) is 8.17. The fourth-order valence-electron chi connectivity index (χ4n) is 2.93. The number of ether oxygens (including phenoxy) is 1. The number of nitrogens with two attached hydrogens (primary N) is 1. The van der Waals surface area contributed by atoms with Crippen LogP contribution in [0.4, 0.5) is 5.69 Å². The van der Waals surface area contributed by atoms with Gasteiger partial charge in [0.05, 0.1) is 18.8 Å². The van der Waals surface area contributed by atoms with Crippen molar-refractivity contribution in [2.24, 2.45) is 5.73 Å². The van der Waals surface area contributed by atoms with Crippen molar-refractivity contribution in [3.63, 3.8) is 0 Å². The molecular weight excluding hydrogens is 389 g/mol. The first kappa shape index (κ1) is 19.5.